The van der Waals surface area contributed by atoms with E-state index >= 15 is 0 Å². The molecule has 0 heterocycles. The van der Waals surface area contributed by atoms with Crippen molar-refractivity contribution in [1.82, 2.24) is 0 Å². The first-order valence-electron chi connectivity index (χ1n) is 8.72. The molecule has 0 saturated carbocycles. The molecule has 0 aromatic heterocycles. The highest BCUT2D eigenvalue weighted by Crippen LogP contribution is 2.30. The van der Waals surface area contributed by atoms with Crippen LogP contribution in [0.1, 0.15) is 20.8 Å². The molecule has 0 radical (unpaired) electrons. The number of para-hydroxylation sites is 2. The maximum Gasteiger partial charge on any atom is 0.262 e. The van der Waals surface area contributed by atoms with Gasteiger partial charge in [-0.2, -0.15) is 0 Å². The van der Waals surface area contributed by atoms with E-state index in [1.165, 1.54) is 0 Å². The highest BCUT2D eigenvalue weighted by atomic mass is 16.5. The first-order valence-corrected chi connectivity index (χ1v) is 8.72. The van der Waals surface area contributed by atoms with Gasteiger partial charge in [0.2, 0.25) is 0 Å². The summed E-state index contributed by atoms with van der Waals surface area (Å²) in [5.74, 6) is 2.08. The van der Waals surface area contributed by atoms with Gasteiger partial charge in [0.15, 0.2) is 18.1 Å². The van der Waals surface area contributed by atoms with Crippen LogP contribution in [0.15, 0.2) is 42.5 Å². The molecule has 26 heavy (non-hydrogen) atoms. The average Bonchev–Trinajstić information content (AvgIpc) is 2.64. The zero-order valence-corrected chi connectivity index (χ0v) is 15.4. The van der Waals surface area contributed by atoms with Crippen molar-refractivity contribution >= 4 is 11.6 Å². The molecule has 1 N–H and O–H groups in total. The zero-order valence-electron chi connectivity index (χ0n) is 15.4. The van der Waals surface area contributed by atoms with Crippen LogP contribution in [-0.4, -0.2) is 32.3 Å². The molecule has 0 unspecified atom stereocenters. The largest absolute Gasteiger partial charge is 0.494 e. The standard InChI is InChI=1S/C20H25NO5/c1-4-23-15-11-12-17(24-5-2)16(13-15)21-20(22)14-26-19-10-8-7-9-18(19)25-6-3/h7-13H,4-6,14H2,1-3H3,(H,21,22). The van der Waals surface area contributed by atoms with Crippen LogP contribution >= 0.6 is 0 Å². The fourth-order valence-electron chi connectivity index (χ4n) is 2.32. The number of carbonyl (C=O) groups excluding carboxylic acids is 1. The van der Waals surface area contributed by atoms with Crippen molar-refractivity contribution in [1.29, 1.82) is 0 Å². The van der Waals surface area contributed by atoms with Gasteiger partial charge in [-0.25, -0.2) is 0 Å². The minimum absolute atomic E-state index is 0.144. The molecule has 0 bridgehead atoms. The second-order valence-electron chi connectivity index (χ2n) is 5.24. The highest BCUT2D eigenvalue weighted by Gasteiger charge is 2.12. The average molecular weight is 359 g/mol. The summed E-state index contributed by atoms with van der Waals surface area (Å²) in [7, 11) is 0. The van der Waals surface area contributed by atoms with Crippen LogP contribution in [0.5, 0.6) is 23.0 Å². The van der Waals surface area contributed by atoms with E-state index in [-0.39, 0.29) is 12.5 Å². The Morgan fingerprint density at radius 3 is 2.08 bits per heavy atom. The van der Waals surface area contributed by atoms with Crippen LogP contribution in [0, 0.1) is 0 Å². The summed E-state index contributed by atoms with van der Waals surface area (Å²) >= 11 is 0. The van der Waals surface area contributed by atoms with E-state index in [4.69, 9.17) is 18.9 Å². The minimum Gasteiger partial charge on any atom is -0.494 e. The Morgan fingerprint density at radius 2 is 1.42 bits per heavy atom. The normalized spacial score (nSPS) is 10.1. The summed E-state index contributed by atoms with van der Waals surface area (Å²) in [6.45, 7) is 7.09. The summed E-state index contributed by atoms with van der Waals surface area (Å²) in [6.07, 6.45) is 0. The monoisotopic (exact) mass is 359 g/mol. The van der Waals surface area contributed by atoms with Crippen molar-refractivity contribution in [2.24, 2.45) is 0 Å². The molecule has 1 amide bonds. The molecule has 2 aromatic carbocycles. The molecule has 0 spiro atoms. The summed E-state index contributed by atoms with van der Waals surface area (Å²) in [6, 6.07) is 12.6. The third-order valence-electron chi connectivity index (χ3n) is 3.34. The number of hydrogen-bond donors (Lipinski definition) is 1. The van der Waals surface area contributed by atoms with Gasteiger partial charge in [-0.05, 0) is 45.0 Å². The zero-order chi connectivity index (χ0) is 18.8. The molecule has 0 aliphatic heterocycles. The Balaban J connectivity index is 2.04. The fourth-order valence-corrected chi connectivity index (χ4v) is 2.32. The second-order valence-corrected chi connectivity index (χ2v) is 5.24. The van der Waals surface area contributed by atoms with Crippen molar-refractivity contribution in [3.05, 3.63) is 42.5 Å². The molecule has 0 atom stereocenters. The van der Waals surface area contributed by atoms with E-state index in [1.807, 2.05) is 32.9 Å². The lowest BCUT2D eigenvalue weighted by Crippen LogP contribution is -2.21. The van der Waals surface area contributed by atoms with Gasteiger partial charge in [0.25, 0.3) is 5.91 Å². The lowest BCUT2D eigenvalue weighted by Gasteiger charge is -2.14. The van der Waals surface area contributed by atoms with Gasteiger partial charge in [0, 0.05) is 6.07 Å². The van der Waals surface area contributed by atoms with E-state index in [9.17, 15) is 4.79 Å². The summed E-state index contributed by atoms with van der Waals surface area (Å²) in [5, 5.41) is 2.81. The van der Waals surface area contributed by atoms with Crippen molar-refractivity contribution < 1.29 is 23.7 Å². The predicted molar refractivity (Wildman–Crippen MR) is 101 cm³/mol. The first kappa shape index (κ1) is 19.4. The van der Waals surface area contributed by atoms with E-state index in [2.05, 4.69) is 5.32 Å². The van der Waals surface area contributed by atoms with Crippen LogP contribution in [0.4, 0.5) is 5.69 Å². The SMILES string of the molecule is CCOc1ccc(OCC)c(NC(=O)COc2ccccc2OCC)c1. The number of ether oxygens (including phenoxy) is 4. The van der Waals surface area contributed by atoms with Gasteiger partial charge in [0.05, 0.1) is 25.5 Å². The Labute approximate surface area is 154 Å². The molecule has 0 saturated heterocycles. The van der Waals surface area contributed by atoms with Crippen LogP contribution in [0.25, 0.3) is 0 Å². The van der Waals surface area contributed by atoms with Gasteiger partial charge in [-0.3, -0.25) is 4.79 Å². The van der Waals surface area contributed by atoms with Crippen LogP contribution in [-0.2, 0) is 4.79 Å². The summed E-state index contributed by atoms with van der Waals surface area (Å²) in [4.78, 5) is 12.3. The van der Waals surface area contributed by atoms with E-state index in [0.717, 1.165) is 0 Å². The minimum atomic E-state index is -0.300. The number of amides is 1. The third kappa shape index (κ3) is 5.58. The number of anilines is 1. The smallest absolute Gasteiger partial charge is 0.262 e. The van der Waals surface area contributed by atoms with Gasteiger partial charge < -0.3 is 24.3 Å². The maximum atomic E-state index is 12.3. The Bertz CT molecular complexity index is 717. The Kier molecular flexibility index (Phi) is 7.61. The Morgan fingerprint density at radius 1 is 0.808 bits per heavy atom. The summed E-state index contributed by atoms with van der Waals surface area (Å²) < 4.78 is 22.1. The van der Waals surface area contributed by atoms with Crippen molar-refractivity contribution in [3.8, 4) is 23.0 Å². The molecule has 0 aliphatic carbocycles. The number of benzene rings is 2. The topological polar surface area (TPSA) is 66.0 Å². The van der Waals surface area contributed by atoms with Crippen molar-refractivity contribution in [2.75, 3.05) is 31.7 Å². The van der Waals surface area contributed by atoms with Gasteiger partial charge in [0.1, 0.15) is 11.5 Å². The Hall–Kier alpha value is -2.89. The quantitative estimate of drug-likeness (QED) is 0.697. The molecular formula is C20H25NO5. The second kappa shape index (κ2) is 10.2. The molecule has 2 rings (SSSR count). The number of hydrogen-bond acceptors (Lipinski definition) is 5. The fraction of sp³-hybridized carbons (Fsp3) is 0.350. The molecular weight excluding hydrogens is 334 g/mol. The predicted octanol–water partition coefficient (Wildman–Crippen LogP) is 3.90. The summed E-state index contributed by atoms with van der Waals surface area (Å²) in [5.41, 5.74) is 0.546. The molecule has 6 heteroatoms. The number of carbonyl (C=O) groups is 1. The van der Waals surface area contributed by atoms with E-state index in [1.54, 1.807) is 30.3 Å². The molecule has 2 aromatic rings. The van der Waals surface area contributed by atoms with Gasteiger partial charge in [-0.1, -0.05) is 12.1 Å². The molecule has 0 fully saturated rings. The maximum absolute atomic E-state index is 12.3. The lowest BCUT2D eigenvalue weighted by molar-refractivity contribution is -0.118. The van der Waals surface area contributed by atoms with Crippen LogP contribution < -0.4 is 24.3 Å². The highest BCUT2D eigenvalue weighted by molar-refractivity contribution is 5.93. The van der Waals surface area contributed by atoms with Crippen LogP contribution in [0.3, 0.4) is 0 Å². The number of nitrogens with one attached hydrogen (secondary N) is 1. The van der Waals surface area contributed by atoms with Crippen molar-refractivity contribution in [3.63, 3.8) is 0 Å². The molecule has 6 nitrogen and oxygen atoms in total. The first-order chi connectivity index (χ1) is 12.7. The van der Waals surface area contributed by atoms with Crippen LogP contribution in [0.2, 0.25) is 0 Å². The van der Waals surface area contributed by atoms with Gasteiger partial charge in [-0.15, -0.1) is 0 Å². The lowest BCUT2D eigenvalue weighted by atomic mass is 10.2. The third-order valence-corrected chi connectivity index (χ3v) is 3.34. The van der Waals surface area contributed by atoms with E-state index < -0.39 is 0 Å². The number of rotatable bonds is 10. The molecule has 140 valence electrons. The molecule has 0 aliphatic rings. The van der Waals surface area contributed by atoms with E-state index in [0.29, 0.717) is 48.5 Å². The van der Waals surface area contributed by atoms with Gasteiger partial charge >= 0.3 is 0 Å². The van der Waals surface area contributed by atoms with Crippen molar-refractivity contribution in [2.45, 2.75) is 20.8 Å².